The Kier molecular flexibility index (Phi) is 7.09. The lowest BCUT2D eigenvalue weighted by Crippen LogP contribution is -2.28. The highest BCUT2D eigenvalue weighted by Gasteiger charge is 2.43. The molecule has 10 rings (SSSR count). The van der Waals surface area contributed by atoms with Crippen molar-refractivity contribution in [2.45, 2.75) is 75.0 Å². The minimum Gasteiger partial charge on any atom is -0.0619 e. The van der Waals surface area contributed by atoms with Gasteiger partial charge in [0.15, 0.2) is 0 Å². The summed E-state index contributed by atoms with van der Waals surface area (Å²) in [5, 5.41) is 2.63. The summed E-state index contributed by atoms with van der Waals surface area (Å²) in [5.74, 6) is 0. The van der Waals surface area contributed by atoms with Crippen LogP contribution in [0.5, 0.6) is 0 Å². The second-order valence-corrected chi connectivity index (χ2v) is 15.4. The van der Waals surface area contributed by atoms with E-state index in [1.54, 1.807) is 11.1 Å². The van der Waals surface area contributed by atoms with E-state index in [1.165, 1.54) is 131 Å². The molecule has 4 aliphatic carbocycles. The van der Waals surface area contributed by atoms with Gasteiger partial charge in [-0.2, -0.15) is 0 Å². The molecule has 244 valence electrons. The molecule has 0 heterocycles. The summed E-state index contributed by atoms with van der Waals surface area (Å²) < 4.78 is 0. The quantitative estimate of drug-likeness (QED) is 0.179. The van der Waals surface area contributed by atoms with Crippen LogP contribution in [-0.2, 0) is 10.8 Å². The van der Waals surface area contributed by atoms with Crippen LogP contribution in [0.2, 0.25) is 0 Å². The Morgan fingerprint density at radius 1 is 0.320 bits per heavy atom. The molecule has 2 saturated carbocycles. The van der Waals surface area contributed by atoms with Crippen molar-refractivity contribution in [3.8, 4) is 22.3 Å². The first kappa shape index (κ1) is 29.9. The molecule has 0 nitrogen and oxygen atoms in total. The lowest BCUT2D eigenvalue weighted by molar-refractivity contribution is 0.372. The minimum absolute atomic E-state index is 0.176. The maximum atomic E-state index is 2.49. The van der Waals surface area contributed by atoms with Gasteiger partial charge in [0.05, 0.1) is 0 Å². The average molecular weight is 645 g/mol. The van der Waals surface area contributed by atoms with Crippen molar-refractivity contribution in [2.24, 2.45) is 0 Å². The average Bonchev–Trinajstić information content (AvgIpc) is 3.67. The summed E-state index contributed by atoms with van der Waals surface area (Å²) in [7, 11) is 0. The van der Waals surface area contributed by atoms with Crippen molar-refractivity contribution in [3.05, 3.63) is 167 Å². The fourth-order valence-electron chi connectivity index (χ4n) is 10.6. The van der Waals surface area contributed by atoms with E-state index in [4.69, 9.17) is 0 Å². The fraction of sp³-hybridized carbons (Fsp3) is 0.240. The second kappa shape index (κ2) is 11.8. The molecule has 0 N–H and O–H groups in total. The van der Waals surface area contributed by atoms with Crippen LogP contribution in [0.1, 0.15) is 97.6 Å². The first-order chi connectivity index (χ1) is 24.7. The Hall–Kier alpha value is -4.94. The monoisotopic (exact) mass is 644 g/mol. The SMILES string of the molecule is C1=C(c2ccc(-c3ccc(-c4ccc(C5=Cc6ccccc6C56CCCCC6)cc4)c4ccccc34)cc2)C2(CCCCC2)c2ccccc21. The molecular formula is C50H44. The van der Waals surface area contributed by atoms with Crippen LogP contribution in [0.4, 0.5) is 0 Å². The van der Waals surface area contributed by atoms with Gasteiger partial charge in [-0.1, -0.05) is 172 Å². The molecule has 0 heteroatoms. The van der Waals surface area contributed by atoms with Gasteiger partial charge < -0.3 is 0 Å². The summed E-state index contributed by atoms with van der Waals surface area (Å²) in [4.78, 5) is 0. The van der Waals surface area contributed by atoms with Gasteiger partial charge in [0.25, 0.3) is 0 Å². The topological polar surface area (TPSA) is 0 Å². The van der Waals surface area contributed by atoms with Gasteiger partial charge in [-0.05, 0) is 115 Å². The summed E-state index contributed by atoms with van der Waals surface area (Å²) in [6, 6.07) is 50.9. The number of benzene rings is 6. The van der Waals surface area contributed by atoms with E-state index in [2.05, 4.69) is 146 Å². The highest BCUT2D eigenvalue weighted by molar-refractivity contribution is 6.05. The molecule has 6 aromatic carbocycles. The third-order valence-electron chi connectivity index (χ3n) is 12.9. The molecule has 0 saturated heterocycles. The van der Waals surface area contributed by atoms with Gasteiger partial charge in [-0.15, -0.1) is 0 Å². The number of rotatable bonds is 4. The van der Waals surface area contributed by atoms with Crippen molar-refractivity contribution < 1.29 is 0 Å². The molecule has 2 spiro atoms. The highest BCUT2D eigenvalue weighted by atomic mass is 14.5. The van der Waals surface area contributed by atoms with Gasteiger partial charge in [-0.3, -0.25) is 0 Å². The molecule has 4 aliphatic rings. The third-order valence-corrected chi connectivity index (χ3v) is 12.9. The Morgan fingerprint density at radius 3 is 1.10 bits per heavy atom. The molecule has 0 atom stereocenters. The normalized spacial score (nSPS) is 18.6. The Balaban J connectivity index is 0.981. The summed E-state index contributed by atoms with van der Waals surface area (Å²) in [5.41, 5.74) is 17.3. The molecular weight excluding hydrogens is 601 g/mol. The van der Waals surface area contributed by atoms with Gasteiger partial charge >= 0.3 is 0 Å². The summed E-state index contributed by atoms with van der Waals surface area (Å²) >= 11 is 0. The number of hydrogen-bond acceptors (Lipinski definition) is 0. The van der Waals surface area contributed by atoms with Crippen LogP contribution >= 0.6 is 0 Å². The van der Waals surface area contributed by atoms with Crippen molar-refractivity contribution in [1.29, 1.82) is 0 Å². The molecule has 0 bridgehead atoms. The van der Waals surface area contributed by atoms with Crippen LogP contribution in [0.15, 0.2) is 133 Å². The lowest BCUT2D eigenvalue weighted by Gasteiger charge is -2.38. The van der Waals surface area contributed by atoms with Crippen LogP contribution in [0.3, 0.4) is 0 Å². The zero-order valence-corrected chi connectivity index (χ0v) is 28.9. The molecule has 50 heavy (non-hydrogen) atoms. The zero-order chi connectivity index (χ0) is 33.1. The molecule has 0 unspecified atom stereocenters. The predicted molar refractivity (Wildman–Crippen MR) is 213 cm³/mol. The molecule has 0 aromatic heterocycles. The second-order valence-electron chi connectivity index (χ2n) is 15.4. The first-order valence-corrected chi connectivity index (χ1v) is 19.1. The largest absolute Gasteiger partial charge is 0.0619 e. The van der Waals surface area contributed by atoms with Crippen LogP contribution < -0.4 is 0 Å². The summed E-state index contributed by atoms with van der Waals surface area (Å²) in [6.07, 6.45) is 18.0. The van der Waals surface area contributed by atoms with Gasteiger partial charge in [0, 0.05) is 10.8 Å². The number of allylic oxidation sites excluding steroid dienone is 2. The minimum atomic E-state index is 0.176. The van der Waals surface area contributed by atoms with Crippen molar-refractivity contribution in [2.75, 3.05) is 0 Å². The smallest absolute Gasteiger partial charge is 0.0215 e. The zero-order valence-electron chi connectivity index (χ0n) is 28.9. The maximum absolute atomic E-state index is 2.49. The predicted octanol–water partition coefficient (Wildman–Crippen LogP) is 13.7. The standard InChI is InChI=1S/C50H44/c1-9-29-49(30-10-1)45-17-7-3-13-39(45)33-47(49)37-23-19-35(20-24-37)41-27-28-42(44-16-6-5-15-43(41)44)36-21-25-38(26-22-36)48-34-40-14-4-8-18-46(40)50(48)31-11-2-12-32-50/h3-8,13-28,33-34H,1-2,9-12,29-32H2. The van der Waals surface area contributed by atoms with E-state index in [0.717, 1.165) is 0 Å². The molecule has 2 fully saturated rings. The summed E-state index contributed by atoms with van der Waals surface area (Å²) in [6.45, 7) is 0. The highest BCUT2D eigenvalue weighted by Crippen LogP contribution is 2.56. The van der Waals surface area contributed by atoms with Crippen LogP contribution in [0, 0.1) is 0 Å². The van der Waals surface area contributed by atoms with Crippen molar-refractivity contribution in [1.82, 2.24) is 0 Å². The van der Waals surface area contributed by atoms with Gasteiger partial charge in [-0.25, -0.2) is 0 Å². The van der Waals surface area contributed by atoms with Crippen LogP contribution in [-0.4, -0.2) is 0 Å². The van der Waals surface area contributed by atoms with E-state index in [0.29, 0.717) is 0 Å². The molecule has 0 amide bonds. The molecule has 0 radical (unpaired) electrons. The Labute approximate surface area is 297 Å². The van der Waals surface area contributed by atoms with Crippen molar-refractivity contribution in [3.63, 3.8) is 0 Å². The Bertz CT molecular complexity index is 2130. The van der Waals surface area contributed by atoms with E-state index in [-0.39, 0.29) is 10.8 Å². The van der Waals surface area contributed by atoms with Crippen molar-refractivity contribution >= 4 is 34.1 Å². The van der Waals surface area contributed by atoms with Gasteiger partial charge in [0.1, 0.15) is 0 Å². The van der Waals surface area contributed by atoms with E-state index >= 15 is 0 Å². The number of fused-ring (bicyclic) bond motifs is 5. The number of hydrogen-bond donors (Lipinski definition) is 0. The van der Waals surface area contributed by atoms with E-state index in [9.17, 15) is 0 Å². The third kappa shape index (κ3) is 4.57. The van der Waals surface area contributed by atoms with Crippen LogP contribution in [0.25, 0.3) is 56.3 Å². The first-order valence-electron chi connectivity index (χ1n) is 19.1. The lowest BCUT2D eigenvalue weighted by atomic mass is 9.65. The maximum Gasteiger partial charge on any atom is 0.0215 e. The van der Waals surface area contributed by atoms with E-state index in [1.807, 2.05) is 0 Å². The Morgan fingerprint density at radius 2 is 0.680 bits per heavy atom. The molecule has 6 aromatic rings. The fourth-order valence-corrected chi connectivity index (χ4v) is 10.6. The van der Waals surface area contributed by atoms with E-state index < -0.39 is 0 Å². The molecule has 0 aliphatic heterocycles. The van der Waals surface area contributed by atoms with Gasteiger partial charge in [0.2, 0.25) is 0 Å².